The Labute approximate surface area is 128 Å². The molecular formula is C17H29N3O. The maximum Gasteiger partial charge on any atom is 0.241 e. The highest BCUT2D eigenvalue weighted by Gasteiger charge is 2.36. The number of carbonyl (C=O) groups is 1. The summed E-state index contributed by atoms with van der Waals surface area (Å²) in [6, 6.07) is 1.04. The number of likely N-dealkylation sites (N-methyl/N-ethyl adjacent to an activating group) is 1. The molecule has 1 amide bonds. The van der Waals surface area contributed by atoms with E-state index in [2.05, 4.69) is 28.1 Å². The van der Waals surface area contributed by atoms with Crippen LogP contribution >= 0.6 is 0 Å². The van der Waals surface area contributed by atoms with Crippen LogP contribution in [0.4, 0.5) is 0 Å². The minimum atomic E-state index is 0.333. The van der Waals surface area contributed by atoms with Crippen molar-refractivity contribution in [2.75, 3.05) is 26.2 Å². The summed E-state index contributed by atoms with van der Waals surface area (Å²) in [4.78, 5) is 17.4. The van der Waals surface area contributed by atoms with E-state index in [9.17, 15) is 4.79 Å². The third-order valence-electron chi connectivity index (χ3n) is 5.05. The Bertz CT molecular complexity index is 397. The Morgan fingerprint density at radius 1 is 1.29 bits per heavy atom. The first kappa shape index (κ1) is 15.0. The van der Waals surface area contributed by atoms with Crippen LogP contribution in [0, 0.1) is 0 Å². The second kappa shape index (κ2) is 6.93. The molecule has 0 aromatic rings. The molecule has 4 heteroatoms. The van der Waals surface area contributed by atoms with Crippen LogP contribution in [0.2, 0.25) is 0 Å². The number of nitrogens with zero attached hydrogens (tertiary/aromatic N) is 2. The quantitative estimate of drug-likeness (QED) is 0.814. The SMILES string of the molecule is CCN(CC(=O)N(C1=CCCCC1)C1CC1)C1CCNC1. The summed E-state index contributed by atoms with van der Waals surface area (Å²) in [6.07, 6.45) is 10.6. The molecule has 0 bridgehead atoms. The first-order chi connectivity index (χ1) is 10.3. The second-order valence-corrected chi connectivity index (χ2v) is 6.65. The van der Waals surface area contributed by atoms with Gasteiger partial charge in [-0.15, -0.1) is 0 Å². The predicted molar refractivity (Wildman–Crippen MR) is 84.9 cm³/mol. The summed E-state index contributed by atoms with van der Waals surface area (Å²) in [7, 11) is 0. The van der Waals surface area contributed by atoms with Gasteiger partial charge in [-0.05, 0) is 58.0 Å². The van der Waals surface area contributed by atoms with Crippen LogP contribution in [0.5, 0.6) is 0 Å². The number of nitrogens with one attached hydrogen (secondary N) is 1. The number of hydrogen-bond acceptors (Lipinski definition) is 3. The third kappa shape index (κ3) is 3.67. The zero-order valence-corrected chi connectivity index (χ0v) is 13.3. The van der Waals surface area contributed by atoms with Crippen LogP contribution in [0.25, 0.3) is 0 Å². The average Bonchev–Trinajstić information content (AvgIpc) is 3.18. The molecule has 1 saturated heterocycles. The van der Waals surface area contributed by atoms with Crippen molar-refractivity contribution in [1.29, 1.82) is 0 Å². The summed E-state index contributed by atoms with van der Waals surface area (Å²) >= 11 is 0. The van der Waals surface area contributed by atoms with Gasteiger partial charge in [-0.25, -0.2) is 0 Å². The summed E-state index contributed by atoms with van der Waals surface area (Å²) < 4.78 is 0. The fourth-order valence-corrected chi connectivity index (χ4v) is 3.67. The van der Waals surface area contributed by atoms with Crippen molar-refractivity contribution in [3.8, 4) is 0 Å². The zero-order chi connectivity index (χ0) is 14.7. The van der Waals surface area contributed by atoms with Crippen molar-refractivity contribution >= 4 is 5.91 Å². The highest BCUT2D eigenvalue weighted by molar-refractivity contribution is 5.81. The molecule has 3 rings (SSSR count). The molecule has 2 aliphatic carbocycles. The number of rotatable bonds is 6. The third-order valence-corrected chi connectivity index (χ3v) is 5.05. The normalized spacial score (nSPS) is 26.0. The van der Waals surface area contributed by atoms with Crippen molar-refractivity contribution in [2.24, 2.45) is 0 Å². The van der Waals surface area contributed by atoms with Gasteiger partial charge in [-0.3, -0.25) is 9.69 Å². The van der Waals surface area contributed by atoms with Gasteiger partial charge in [0.15, 0.2) is 0 Å². The molecule has 1 unspecified atom stereocenters. The monoisotopic (exact) mass is 291 g/mol. The van der Waals surface area contributed by atoms with Crippen LogP contribution in [0.3, 0.4) is 0 Å². The van der Waals surface area contributed by atoms with Gasteiger partial charge < -0.3 is 10.2 Å². The van der Waals surface area contributed by atoms with Gasteiger partial charge in [0.05, 0.1) is 6.54 Å². The number of carbonyl (C=O) groups excluding carboxylic acids is 1. The van der Waals surface area contributed by atoms with Crippen molar-refractivity contribution < 1.29 is 4.79 Å². The lowest BCUT2D eigenvalue weighted by molar-refractivity contribution is -0.131. The molecule has 4 nitrogen and oxygen atoms in total. The molecule has 1 aliphatic heterocycles. The van der Waals surface area contributed by atoms with Crippen LogP contribution in [0.1, 0.15) is 51.9 Å². The molecule has 1 N–H and O–H groups in total. The lowest BCUT2D eigenvalue weighted by Gasteiger charge is -2.32. The van der Waals surface area contributed by atoms with Gasteiger partial charge in [0, 0.05) is 24.3 Å². The number of hydrogen-bond donors (Lipinski definition) is 1. The van der Waals surface area contributed by atoms with E-state index >= 15 is 0 Å². The van der Waals surface area contributed by atoms with Crippen LogP contribution < -0.4 is 5.32 Å². The van der Waals surface area contributed by atoms with Crippen LogP contribution in [0.15, 0.2) is 11.8 Å². The van der Waals surface area contributed by atoms with Gasteiger partial charge in [0.1, 0.15) is 0 Å². The Balaban J connectivity index is 1.64. The highest BCUT2D eigenvalue weighted by atomic mass is 16.2. The molecule has 1 heterocycles. The lowest BCUT2D eigenvalue weighted by atomic mass is 10.0. The minimum Gasteiger partial charge on any atom is -0.315 e. The minimum absolute atomic E-state index is 0.333. The topological polar surface area (TPSA) is 35.6 Å². The smallest absolute Gasteiger partial charge is 0.241 e. The van der Waals surface area contributed by atoms with Gasteiger partial charge in [-0.2, -0.15) is 0 Å². The largest absolute Gasteiger partial charge is 0.315 e. The molecule has 1 saturated carbocycles. The van der Waals surface area contributed by atoms with Crippen molar-refractivity contribution in [1.82, 2.24) is 15.1 Å². The first-order valence-corrected chi connectivity index (χ1v) is 8.75. The fourth-order valence-electron chi connectivity index (χ4n) is 3.67. The number of amides is 1. The Morgan fingerprint density at radius 3 is 2.71 bits per heavy atom. The molecule has 0 radical (unpaired) electrons. The molecule has 0 aromatic carbocycles. The second-order valence-electron chi connectivity index (χ2n) is 6.65. The van der Waals surface area contributed by atoms with Crippen molar-refractivity contribution in [3.05, 3.63) is 11.8 Å². The number of allylic oxidation sites excluding steroid dienone is 2. The molecule has 3 aliphatic rings. The Hall–Kier alpha value is -0.870. The van der Waals surface area contributed by atoms with Gasteiger partial charge >= 0.3 is 0 Å². The van der Waals surface area contributed by atoms with Crippen molar-refractivity contribution in [3.63, 3.8) is 0 Å². The van der Waals surface area contributed by atoms with E-state index in [0.717, 1.165) is 32.5 Å². The summed E-state index contributed by atoms with van der Waals surface area (Å²) in [6.45, 7) is 5.86. The predicted octanol–water partition coefficient (Wildman–Crippen LogP) is 2.12. The Kier molecular flexibility index (Phi) is 4.96. The van der Waals surface area contributed by atoms with E-state index in [0.29, 0.717) is 24.5 Å². The van der Waals surface area contributed by atoms with E-state index in [1.165, 1.54) is 37.8 Å². The summed E-state index contributed by atoms with van der Waals surface area (Å²) in [5.74, 6) is 0.333. The molecular weight excluding hydrogens is 262 g/mol. The molecule has 0 aromatic heterocycles. The summed E-state index contributed by atoms with van der Waals surface area (Å²) in [5.41, 5.74) is 1.31. The van der Waals surface area contributed by atoms with E-state index in [1.54, 1.807) is 0 Å². The van der Waals surface area contributed by atoms with E-state index in [4.69, 9.17) is 0 Å². The molecule has 0 spiro atoms. The maximum atomic E-state index is 12.9. The van der Waals surface area contributed by atoms with Crippen LogP contribution in [-0.4, -0.2) is 54.0 Å². The Morgan fingerprint density at radius 2 is 2.14 bits per heavy atom. The summed E-state index contributed by atoms with van der Waals surface area (Å²) in [5, 5.41) is 3.41. The van der Waals surface area contributed by atoms with E-state index < -0.39 is 0 Å². The van der Waals surface area contributed by atoms with Gasteiger partial charge in [0.2, 0.25) is 5.91 Å². The van der Waals surface area contributed by atoms with Crippen molar-refractivity contribution in [2.45, 2.75) is 64.0 Å². The standard InChI is InChI=1S/C17H29N3O/c1-2-19(16-10-11-18-12-16)13-17(21)20(15-8-9-15)14-6-4-3-5-7-14/h6,15-16,18H,2-5,7-13H2,1H3. The molecule has 118 valence electrons. The first-order valence-electron chi connectivity index (χ1n) is 8.75. The average molecular weight is 291 g/mol. The van der Waals surface area contributed by atoms with Gasteiger partial charge in [0.25, 0.3) is 0 Å². The molecule has 21 heavy (non-hydrogen) atoms. The molecule has 1 atom stereocenters. The zero-order valence-electron chi connectivity index (χ0n) is 13.3. The molecule has 2 fully saturated rings. The highest BCUT2D eigenvalue weighted by Crippen LogP contribution is 2.33. The van der Waals surface area contributed by atoms with Crippen LogP contribution in [-0.2, 0) is 4.79 Å². The van der Waals surface area contributed by atoms with E-state index in [-0.39, 0.29) is 0 Å². The fraction of sp³-hybridized carbons (Fsp3) is 0.824. The maximum absolute atomic E-state index is 12.9. The van der Waals surface area contributed by atoms with Gasteiger partial charge in [-0.1, -0.05) is 13.0 Å². The van der Waals surface area contributed by atoms with E-state index in [1.807, 2.05) is 0 Å². The lowest BCUT2D eigenvalue weighted by Crippen LogP contribution is -2.45.